The maximum Gasteiger partial charge on any atom is 0.305 e. The molecule has 2 aromatic carbocycles. The minimum absolute atomic E-state index is 0.0388. The van der Waals surface area contributed by atoms with E-state index >= 15 is 0 Å². The molecule has 0 aliphatic heterocycles. The number of thioether (sulfide) groups is 1. The van der Waals surface area contributed by atoms with Crippen LogP contribution in [-0.2, 0) is 32.0 Å². The molecule has 0 aliphatic rings. The third kappa shape index (κ3) is 12.3. The Hall–Kier alpha value is -4.03. The summed E-state index contributed by atoms with van der Waals surface area (Å²) in [5.41, 5.74) is 8.75. The summed E-state index contributed by atoms with van der Waals surface area (Å²) in [4.78, 5) is 53.9. The lowest BCUT2D eigenvalue weighted by Gasteiger charge is -2.24. The number of aromatic amines is 1. The number of methoxy groups -OCH3 is 1. The highest BCUT2D eigenvalue weighted by Crippen LogP contribution is 2.28. The summed E-state index contributed by atoms with van der Waals surface area (Å²) < 4.78 is 5.17. The fourth-order valence-corrected chi connectivity index (χ4v) is 6.72. The molecule has 3 rings (SSSR count). The van der Waals surface area contributed by atoms with Gasteiger partial charge >= 0.3 is 5.97 Å². The molecule has 1 aromatic heterocycles. The van der Waals surface area contributed by atoms with Crippen molar-refractivity contribution in [1.82, 2.24) is 15.6 Å². The van der Waals surface area contributed by atoms with Crippen LogP contribution < -0.4 is 21.1 Å². The third-order valence-electron chi connectivity index (χ3n) is 7.97. The average molecular weight is 669 g/mol. The van der Waals surface area contributed by atoms with Crippen LogP contribution in [-0.4, -0.2) is 75.0 Å². The second-order valence-corrected chi connectivity index (χ2v) is 13.3. The summed E-state index contributed by atoms with van der Waals surface area (Å²) in [5, 5.41) is 25.6. The number of carbonyl (C=O) groups is 4. The third-order valence-corrected chi connectivity index (χ3v) is 9.37. The minimum atomic E-state index is -1.31. The summed E-state index contributed by atoms with van der Waals surface area (Å²) in [6.07, 6.45) is 6.76. The lowest BCUT2D eigenvalue weighted by atomic mass is 10.0. The summed E-state index contributed by atoms with van der Waals surface area (Å²) >= 11 is 1.46. The topological polar surface area (TPSA) is 184 Å². The highest BCUT2D eigenvalue weighted by atomic mass is 32.2. The van der Waals surface area contributed by atoms with Crippen LogP contribution in [0.25, 0.3) is 10.9 Å². The van der Waals surface area contributed by atoms with Gasteiger partial charge in [0.25, 0.3) is 0 Å². The molecule has 0 bridgehead atoms. The number of phenols is 1. The summed E-state index contributed by atoms with van der Waals surface area (Å²) in [6, 6.07) is 10.4. The Kier molecular flexibility index (Phi) is 15.1. The predicted molar refractivity (Wildman–Crippen MR) is 185 cm³/mol. The number of aromatic hydroxyl groups is 1. The highest BCUT2D eigenvalue weighted by molar-refractivity contribution is 8.00. The molecule has 0 saturated carbocycles. The van der Waals surface area contributed by atoms with Crippen LogP contribution in [0, 0.1) is 0 Å². The summed E-state index contributed by atoms with van der Waals surface area (Å²) in [6.45, 7) is 3.99. The van der Waals surface area contributed by atoms with Crippen LogP contribution in [0.3, 0.4) is 0 Å². The van der Waals surface area contributed by atoms with Gasteiger partial charge in [0.1, 0.15) is 11.8 Å². The Morgan fingerprint density at radius 3 is 2.53 bits per heavy atom. The zero-order valence-electron chi connectivity index (χ0n) is 27.4. The number of para-hydroxylation sites is 1. The number of hydrogen-bond acceptors (Lipinski definition) is 8. The number of benzene rings is 2. The number of ketones is 1. The molecule has 1 heterocycles. The van der Waals surface area contributed by atoms with E-state index in [2.05, 4.69) is 22.5 Å². The molecule has 256 valence electrons. The molecule has 7 N–H and O–H groups in total. The number of carboxylic acid groups (broad SMARTS) is 1. The maximum absolute atomic E-state index is 13.6. The number of carbonyl (C=O) groups excluding carboxylic acids is 3. The van der Waals surface area contributed by atoms with Gasteiger partial charge in [0, 0.05) is 47.0 Å². The molecule has 0 radical (unpaired) electrons. The van der Waals surface area contributed by atoms with Crippen LogP contribution in [0.15, 0.2) is 48.7 Å². The van der Waals surface area contributed by atoms with Gasteiger partial charge in [-0.3, -0.25) is 19.2 Å². The quantitative estimate of drug-likeness (QED) is 0.0891. The zero-order chi connectivity index (χ0) is 34.3. The number of fused-ring (bicyclic) bond motifs is 1. The molecule has 11 nitrogen and oxygen atoms in total. The van der Waals surface area contributed by atoms with Crippen molar-refractivity contribution in [2.24, 2.45) is 5.73 Å². The van der Waals surface area contributed by atoms with E-state index in [1.807, 2.05) is 37.4 Å². The van der Waals surface area contributed by atoms with Crippen molar-refractivity contribution < 1.29 is 34.1 Å². The van der Waals surface area contributed by atoms with Crippen LogP contribution in [0.2, 0.25) is 0 Å². The number of unbranched alkanes of at least 4 members (excludes halogenated alkanes) is 2. The van der Waals surface area contributed by atoms with Crippen molar-refractivity contribution in [3.63, 3.8) is 0 Å². The Bertz CT molecular complexity index is 1490. The van der Waals surface area contributed by atoms with E-state index in [9.17, 15) is 24.3 Å². The number of rotatable bonds is 21. The van der Waals surface area contributed by atoms with Crippen molar-refractivity contribution in [3.8, 4) is 11.5 Å². The fraction of sp³-hybridized carbons (Fsp3) is 0.486. The first kappa shape index (κ1) is 37.4. The zero-order valence-corrected chi connectivity index (χ0v) is 28.2. The minimum Gasteiger partial charge on any atom is -0.504 e. The Labute approximate surface area is 280 Å². The van der Waals surface area contributed by atoms with E-state index in [1.165, 1.54) is 18.9 Å². The molecule has 2 amide bonds. The number of carboxylic acids is 1. The largest absolute Gasteiger partial charge is 0.504 e. The monoisotopic (exact) mass is 668 g/mol. The number of nitrogens with one attached hydrogen (secondary N) is 3. The van der Waals surface area contributed by atoms with Gasteiger partial charge in [-0.05, 0) is 55.5 Å². The normalized spacial score (nSPS) is 13.8. The van der Waals surface area contributed by atoms with Gasteiger partial charge < -0.3 is 36.3 Å². The summed E-state index contributed by atoms with van der Waals surface area (Å²) in [5.74, 6) is -1.68. The molecule has 4 unspecified atom stereocenters. The number of H-pyrrole nitrogens is 1. The SMILES string of the molecule is CCCCCC(CC(=O)CCc1ccc(O)c(OC)c1)SCC(NC(=O)C(N)CC(=O)O)C(=O)NC(C)Cc1c[nH]c2ccccc12. The van der Waals surface area contributed by atoms with E-state index < -0.39 is 36.3 Å². The van der Waals surface area contributed by atoms with Crippen LogP contribution >= 0.6 is 11.8 Å². The smallest absolute Gasteiger partial charge is 0.305 e. The average Bonchev–Trinajstić information content (AvgIpc) is 3.44. The first-order valence-corrected chi connectivity index (χ1v) is 17.2. The lowest BCUT2D eigenvalue weighted by Crippen LogP contribution is -2.54. The molecular weight excluding hydrogens is 620 g/mol. The lowest BCUT2D eigenvalue weighted by molar-refractivity contribution is -0.139. The van der Waals surface area contributed by atoms with Gasteiger partial charge in [-0.1, -0.05) is 50.5 Å². The van der Waals surface area contributed by atoms with Crippen molar-refractivity contribution >= 4 is 46.2 Å². The van der Waals surface area contributed by atoms with Gasteiger partial charge in [-0.15, -0.1) is 0 Å². The second-order valence-electron chi connectivity index (χ2n) is 11.9. The number of aromatic nitrogens is 1. The Morgan fingerprint density at radius 1 is 1.04 bits per heavy atom. The molecule has 0 aliphatic carbocycles. The standard InChI is InChI=1S/C35H48N4O7S/c1-4-5-6-9-26(18-25(40)14-12-23-13-15-31(41)32(17-23)46-3)47-21-30(39-34(44)28(36)19-33(42)43)35(45)38-22(2)16-24-20-37-29-11-8-7-10-27(24)29/h7-8,10-11,13,15,17,20,22,26,28,30,37,41H,4-6,9,12,14,16,18-19,21,36H2,1-3H3,(H,38,45)(H,39,44)(H,42,43). The number of amides is 2. The van der Waals surface area contributed by atoms with Crippen LogP contribution in [0.5, 0.6) is 11.5 Å². The van der Waals surface area contributed by atoms with Gasteiger partial charge in [-0.25, -0.2) is 0 Å². The van der Waals surface area contributed by atoms with Gasteiger partial charge in [0.2, 0.25) is 11.8 Å². The van der Waals surface area contributed by atoms with E-state index in [-0.39, 0.29) is 28.6 Å². The number of ether oxygens (including phenoxy) is 1. The van der Waals surface area contributed by atoms with E-state index in [1.54, 1.807) is 18.2 Å². The van der Waals surface area contributed by atoms with Crippen molar-refractivity contribution in [1.29, 1.82) is 0 Å². The number of Topliss-reactive ketones (excluding diaryl/α,β-unsaturated/α-hetero) is 1. The van der Waals surface area contributed by atoms with Gasteiger partial charge in [0.05, 0.1) is 19.6 Å². The summed E-state index contributed by atoms with van der Waals surface area (Å²) in [7, 11) is 1.47. The number of phenolic OH excluding ortho intramolecular Hbond substituents is 1. The molecule has 0 spiro atoms. The van der Waals surface area contributed by atoms with E-state index in [4.69, 9.17) is 15.6 Å². The fourth-order valence-electron chi connectivity index (χ4n) is 5.38. The van der Waals surface area contributed by atoms with Crippen LogP contribution in [0.4, 0.5) is 0 Å². The predicted octanol–water partition coefficient (Wildman–Crippen LogP) is 4.49. The number of hydrogen-bond donors (Lipinski definition) is 6. The van der Waals surface area contributed by atoms with Gasteiger partial charge in [0.15, 0.2) is 11.5 Å². The van der Waals surface area contributed by atoms with Crippen molar-refractivity contribution in [3.05, 3.63) is 59.8 Å². The van der Waals surface area contributed by atoms with Crippen LogP contribution in [0.1, 0.15) is 69.9 Å². The highest BCUT2D eigenvalue weighted by Gasteiger charge is 2.28. The maximum atomic E-state index is 13.6. The first-order valence-electron chi connectivity index (χ1n) is 16.1. The molecule has 12 heteroatoms. The molecule has 0 fully saturated rings. The molecular formula is C35H48N4O7S. The van der Waals surface area contributed by atoms with E-state index in [0.29, 0.717) is 31.4 Å². The van der Waals surface area contributed by atoms with E-state index in [0.717, 1.165) is 47.7 Å². The van der Waals surface area contributed by atoms with Gasteiger partial charge in [-0.2, -0.15) is 11.8 Å². The molecule has 47 heavy (non-hydrogen) atoms. The number of aryl methyl sites for hydroxylation is 1. The van der Waals surface area contributed by atoms with Crippen molar-refractivity contribution in [2.45, 2.75) is 95.0 Å². The Balaban J connectivity index is 1.67. The molecule has 3 aromatic rings. The molecule has 0 saturated heterocycles. The second kappa shape index (κ2) is 19.0. The molecule has 4 atom stereocenters. The first-order chi connectivity index (χ1) is 22.5. The number of nitrogens with two attached hydrogens (primary N) is 1. The number of aliphatic carboxylic acids is 1. The Morgan fingerprint density at radius 2 is 1.81 bits per heavy atom. The van der Waals surface area contributed by atoms with Crippen molar-refractivity contribution in [2.75, 3.05) is 12.9 Å².